The van der Waals surface area contributed by atoms with E-state index in [1.807, 2.05) is 0 Å². The van der Waals surface area contributed by atoms with E-state index in [0.717, 1.165) is 0 Å². The van der Waals surface area contributed by atoms with Gasteiger partial charge in [-0.05, 0) is 12.1 Å². The predicted molar refractivity (Wildman–Crippen MR) is 64.9 cm³/mol. The van der Waals surface area contributed by atoms with Crippen LogP contribution in [0.15, 0.2) is 24.3 Å². The highest BCUT2D eigenvalue weighted by Gasteiger charge is 2.15. The Hall–Kier alpha value is -1.88. The lowest BCUT2D eigenvalue weighted by Gasteiger charge is -2.18. The Morgan fingerprint density at radius 2 is 2.00 bits per heavy atom. The molecule has 2 N–H and O–H groups in total. The van der Waals surface area contributed by atoms with E-state index in [1.54, 1.807) is 31.3 Å². The van der Waals surface area contributed by atoms with E-state index in [-0.39, 0.29) is 25.0 Å². The quantitative estimate of drug-likeness (QED) is 0.794. The van der Waals surface area contributed by atoms with Gasteiger partial charge in [0.1, 0.15) is 0 Å². The molecule has 5 nitrogen and oxygen atoms in total. The number of hydrogen-bond acceptors (Lipinski definition) is 3. The molecule has 17 heavy (non-hydrogen) atoms. The highest BCUT2D eigenvalue weighted by atomic mass is 16.3. The van der Waals surface area contributed by atoms with Gasteiger partial charge in [-0.3, -0.25) is 9.59 Å². The molecule has 92 valence electrons. The Balaban J connectivity index is 2.99. The van der Waals surface area contributed by atoms with Gasteiger partial charge >= 0.3 is 0 Å². The number of nitrogens with one attached hydrogen (secondary N) is 1. The highest BCUT2D eigenvalue weighted by Crippen LogP contribution is 2.18. The monoisotopic (exact) mass is 236 g/mol. The minimum Gasteiger partial charge on any atom is -0.395 e. The summed E-state index contributed by atoms with van der Waals surface area (Å²) in [6.07, 6.45) is 0. The molecule has 0 spiro atoms. The summed E-state index contributed by atoms with van der Waals surface area (Å²) >= 11 is 0. The number of nitrogens with zero attached hydrogens (tertiary/aromatic N) is 1. The lowest BCUT2D eigenvalue weighted by Crippen LogP contribution is -2.30. The predicted octanol–water partition coefficient (Wildman–Crippen LogP) is 0.391. The van der Waals surface area contributed by atoms with Crippen molar-refractivity contribution in [1.82, 2.24) is 5.32 Å². The molecule has 0 saturated carbocycles. The fraction of sp³-hybridized carbons (Fsp3) is 0.333. The number of anilines is 1. The van der Waals surface area contributed by atoms with Crippen LogP contribution in [0.2, 0.25) is 0 Å². The van der Waals surface area contributed by atoms with Crippen molar-refractivity contribution in [3.63, 3.8) is 0 Å². The van der Waals surface area contributed by atoms with Crippen LogP contribution in [0.1, 0.15) is 17.3 Å². The molecule has 1 rings (SSSR count). The van der Waals surface area contributed by atoms with Crippen LogP contribution in [0.3, 0.4) is 0 Å². The second-order valence-electron chi connectivity index (χ2n) is 3.57. The van der Waals surface area contributed by atoms with E-state index in [4.69, 9.17) is 5.11 Å². The number of carbonyl (C=O) groups is 2. The molecule has 0 aromatic heterocycles. The zero-order chi connectivity index (χ0) is 12.8. The molecule has 0 aliphatic heterocycles. The van der Waals surface area contributed by atoms with Gasteiger partial charge in [-0.2, -0.15) is 0 Å². The van der Waals surface area contributed by atoms with Crippen LogP contribution < -0.4 is 10.2 Å². The summed E-state index contributed by atoms with van der Waals surface area (Å²) in [5, 5.41) is 11.2. The van der Waals surface area contributed by atoms with Gasteiger partial charge in [-0.1, -0.05) is 12.1 Å². The minimum atomic E-state index is -0.303. The largest absolute Gasteiger partial charge is 0.395 e. The summed E-state index contributed by atoms with van der Waals surface area (Å²) < 4.78 is 0. The number of para-hydroxylation sites is 1. The molecule has 0 aliphatic rings. The molecular formula is C12H16N2O3. The maximum atomic E-state index is 11.8. The van der Waals surface area contributed by atoms with Crippen LogP contribution in [-0.2, 0) is 4.79 Å². The number of aliphatic hydroxyl groups is 1. The molecule has 0 aliphatic carbocycles. The summed E-state index contributed by atoms with van der Waals surface area (Å²) in [6, 6.07) is 6.83. The number of aliphatic hydroxyl groups excluding tert-OH is 1. The maximum Gasteiger partial charge on any atom is 0.253 e. The Kier molecular flexibility index (Phi) is 4.66. The Morgan fingerprint density at radius 3 is 2.59 bits per heavy atom. The lowest BCUT2D eigenvalue weighted by atomic mass is 10.1. The first kappa shape index (κ1) is 13.2. The maximum absolute atomic E-state index is 11.8. The first-order valence-electron chi connectivity index (χ1n) is 5.30. The molecule has 5 heteroatoms. The average Bonchev–Trinajstić information content (AvgIpc) is 2.34. The van der Waals surface area contributed by atoms with Crippen LogP contribution in [0, 0.1) is 0 Å². The van der Waals surface area contributed by atoms with Gasteiger partial charge in [0.25, 0.3) is 5.91 Å². The highest BCUT2D eigenvalue weighted by molar-refractivity contribution is 6.04. The average molecular weight is 236 g/mol. The van der Waals surface area contributed by atoms with Crippen molar-refractivity contribution in [2.45, 2.75) is 6.92 Å². The zero-order valence-electron chi connectivity index (χ0n) is 9.93. The van der Waals surface area contributed by atoms with Crippen molar-refractivity contribution >= 4 is 17.5 Å². The van der Waals surface area contributed by atoms with Crippen molar-refractivity contribution in [3.05, 3.63) is 29.8 Å². The number of amides is 2. The normalized spacial score (nSPS) is 9.82. The topological polar surface area (TPSA) is 69.6 Å². The second kappa shape index (κ2) is 6.00. The van der Waals surface area contributed by atoms with Gasteiger partial charge in [0.05, 0.1) is 17.9 Å². The van der Waals surface area contributed by atoms with E-state index in [9.17, 15) is 9.59 Å². The zero-order valence-corrected chi connectivity index (χ0v) is 9.93. The summed E-state index contributed by atoms with van der Waals surface area (Å²) in [5.41, 5.74) is 0.967. The van der Waals surface area contributed by atoms with Gasteiger partial charge in [0.15, 0.2) is 0 Å². The number of carbonyl (C=O) groups excluding carboxylic acids is 2. The van der Waals surface area contributed by atoms with Crippen LogP contribution in [0.4, 0.5) is 5.69 Å². The first-order chi connectivity index (χ1) is 8.07. The van der Waals surface area contributed by atoms with E-state index >= 15 is 0 Å². The van der Waals surface area contributed by atoms with Gasteiger partial charge in [0.2, 0.25) is 5.91 Å². The second-order valence-corrected chi connectivity index (χ2v) is 3.57. The third kappa shape index (κ3) is 3.29. The smallest absolute Gasteiger partial charge is 0.253 e. The van der Waals surface area contributed by atoms with E-state index in [0.29, 0.717) is 11.3 Å². The lowest BCUT2D eigenvalue weighted by molar-refractivity contribution is -0.116. The standard InChI is InChI=1S/C12H16N2O3/c1-9(16)14(2)11-6-4-3-5-10(11)12(17)13-7-8-15/h3-6,15H,7-8H2,1-2H3,(H,13,17). The molecule has 1 aromatic rings. The number of benzene rings is 1. The molecule has 0 bridgehead atoms. The Labute approximate surface area is 100 Å². The van der Waals surface area contributed by atoms with Crippen LogP contribution in [0.25, 0.3) is 0 Å². The van der Waals surface area contributed by atoms with Gasteiger partial charge in [-0.25, -0.2) is 0 Å². The minimum absolute atomic E-state index is 0.115. The van der Waals surface area contributed by atoms with E-state index < -0.39 is 0 Å². The first-order valence-corrected chi connectivity index (χ1v) is 5.30. The fourth-order valence-electron chi connectivity index (χ4n) is 1.39. The fourth-order valence-corrected chi connectivity index (χ4v) is 1.39. The van der Waals surface area contributed by atoms with Crippen molar-refractivity contribution in [2.75, 3.05) is 25.1 Å². The molecule has 0 saturated heterocycles. The van der Waals surface area contributed by atoms with Crippen molar-refractivity contribution < 1.29 is 14.7 Å². The van der Waals surface area contributed by atoms with Crippen molar-refractivity contribution in [1.29, 1.82) is 0 Å². The van der Waals surface area contributed by atoms with Crippen LogP contribution in [-0.4, -0.2) is 37.1 Å². The Bertz CT molecular complexity index is 418. The van der Waals surface area contributed by atoms with Gasteiger partial charge in [-0.15, -0.1) is 0 Å². The molecule has 0 heterocycles. The molecule has 0 fully saturated rings. The number of rotatable bonds is 4. The molecule has 0 atom stereocenters. The summed E-state index contributed by atoms with van der Waals surface area (Å²) in [7, 11) is 1.61. The SMILES string of the molecule is CC(=O)N(C)c1ccccc1C(=O)NCCO. The number of hydrogen-bond donors (Lipinski definition) is 2. The molecule has 0 radical (unpaired) electrons. The summed E-state index contributed by atoms with van der Waals surface area (Å²) in [4.78, 5) is 24.5. The molecule has 2 amide bonds. The molecular weight excluding hydrogens is 220 g/mol. The summed E-state index contributed by atoms with van der Waals surface area (Å²) in [5.74, 6) is -0.449. The third-order valence-corrected chi connectivity index (χ3v) is 2.38. The molecule has 0 unspecified atom stereocenters. The van der Waals surface area contributed by atoms with Crippen molar-refractivity contribution in [2.24, 2.45) is 0 Å². The van der Waals surface area contributed by atoms with E-state index in [2.05, 4.69) is 5.32 Å². The third-order valence-electron chi connectivity index (χ3n) is 2.38. The summed E-state index contributed by atoms with van der Waals surface area (Å²) in [6.45, 7) is 1.51. The van der Waals surface area contributed by atoms with Crippen LogP contribution >= 0.6 is 0 Å². The molecule has 1 aromatic carbocycles. The van der Waals surface area contributed by atoms with Crippen LogP contribution in [0.5, 0.6) is 0 Å². The van der Waals surface area contributed by atoms with Gasteiger partial charge in [0, 0.05) is 20.5 Å². The van der Waals surface area contributed by atoms with Crippen molar-refractivity contribution in [3.8, 4) is 0 Å². The van der Waals surface area contributed by atoms with Gasteiger partial charge < -0.3 is 15.3 Å². The van der Waals surface area contributed by atoms with E-state index in [1.165, 1.54) is 11.8 Å². The Morgan fingerprint density at radius 1 is 1.35 bits per heavy atom.